The van der Waals surface area contributed by atoms with Crippen molar-refractivity contribution in [2.75, 3.05) is 6.61 Å². The number of aliphatic imine (C=N–C) groups is 1. The van der Waals surface area contributed by atoms with Crippen molar-refractivity contribution in [1.82, 2.24) is 9.36 Å². The largest absolute Gasteiger partial charge is 0.483 e. The lowest BCUT2D eigenvalue weighted by Crippen LogP contribution is -1.83. The Kier molecular flexibility index (Phi) is 3.63. The molecule has 18 heavy (non-hydrogen) atoms. The molecule has 0 saturated carbocycles. The van der Waals surface area contributed by atoms with Crippen LogP contribution < -0.4 is 0 Å². The number of hydrogen-bond donors (Lipinski definition) is 0. The van der Waals surface area contributed by atoms with Gasteiger partial charge in [-0.3, -0.25) is 10.1 Å². The van der Waals surface area contributed by atoms with Crippen molar-refractivity contribution in [1.29, 1.82) is 0 Å². The maximum Gasteiger partial charge on any atom is 0.433 e. The van der Waals surface area contributed by atoms with Crippen molar-refractivity contribution in [3.63, 3.8) is 0 Å². The molecule has 0 atom stereocenters. The molecule has 0 fully saturated rings. The third-order valence-corrected chi connectivity index (χ3v) is 2.44. The number of hydrogen-bond acceptors (Lipinski definition) is 8. The molecule has 8 nitrogen and oxygen atoms in total. The van der Waals surface area contributed by atoms with Crippen molar-refractivity contribution in [2.45, 2.75) is 6.92 Å². The molecule has 0 unspecified atom stereocenters. The smallest absolute Gasteiger partial charge is 0.433 e. The second-order valence-electron chi connectivity index (χ2n) is 2.99. The van der Waals surface area contributed by atoms with E-state index in [2.05, 4.69) is 14.3 Å². The van der Waals surface area contributed by atoms with E-state index in [9.17, 15) is 10.1 Å². The van der Waals surface area contributed by atoms with Gasteiger partial charge in [-0.1, -0.05) is 0 Å². The Labute approximate surface area is 105 Å². The highest BCUT2D eigenvalue weighted by atomic mass is 32.1. The van der Waals surface area contributed by atoms with E-state index in [0.717, 1.165) is 11.5 Å². The van der Waals surface area contributed by atoms with Crippen LogP contribution in [0.1, 0.15) is 6.92 Å². The summed E-state index contributed by atoms with van der Waals surface area (Å²) >= 11 is 1.04. The summed E-state index contributed by atoms with van der Waals surface area (Å²) in [4.78, 5) is 17.8. The highest BCUT2D eigenvalue weighted by molar-refractivity contribution is 7.09. The molecule has 0 aliphatic carbocycles. The third-order valence-electron chi connectivity index (χ3n) is 1.81. The first kappa shape index (κ1) is 12.2. The third kappa shape index (κ3) is 2.69. The van der Waals surface area contributed by atoms with Crippen molar-refractivity contribution < 1.29 is 14.1 Å². The normalized spacial score (nSPS) is 10.9. The highest BCUT2D eigenvalue weighted by Crippen LogP contribution is 2.27. The summed E-state index contributed by atoms with van der Waals surface area (Å²) in [6.07, 6.45) is 1.27. The predicted molar refractivity (Wildman–Crippen MR) is 64.0 cm³/mol. The molecular formula is C9H8N4O4S. The standard InChI is InChI=1S/C9H8N4O4S/c1-2-16-5-10-9-11-8(12-18-9)6-3-4-7(17-6)13(14)15/h3-5H,2H2,1H3/b10-5+. The fourth-order valence-electron chi connectivity index (χ4n) is 1.07. The molecule has 9 heteroatoms. The predicted octanol–water partition coefficient (Wildman–Crippen LogP) is 2.40. The quantitative estimate of drug-likeness (QED) is 0.357. The van der Waals surface area contributed by atoms with Crippen LogP contribution in [0.25, 0.3) is 11.6 Å². The molecule has 2 heterocycles. The Morgan fingerprint density at radius 2 is 2.50 bits per heavy atom. The number of furan rings is 1. The highest BCUT2D eigenvalue weighted by Gasteiger charge is 2.16. The molecule has 2 aromatic rings. The van der Waals surface area contributed by atoms with Gasteiger partial charge >= 0.3 is 5.88 Å². The average molecular weight is 268 g/mol. The molecule has 0 bridgehead atoms. The molecule has 0 radical (unpaired) electrons. The van der Waals surface area contributed by atoms with E-state index in [1.54, 1.807) is 0 Å². The van der Waals surface area contributed by atoms with Crippen LogP contribution in [0.2, 0.25) is 0 Å². The first-order valence-corrected chi connectivity index (χ1v) is 5.70. The summed E-state index contributed by atoms with van der Waals surface area (Å²) < 4.78 is 13.9. The summed E-state index contributed by atoms with van der Waals surface area (Å²) in [7, 11) is 0. The maximum absolute atomic E-state index is 10.5. The van der Waals surface area contributed by atoms with Gasteiger partial charge in [-0.15, -0.1) is 0 Å². The minimum absolute atomic E-state index is 0.232. The number of nitrogens with zero attached hydrogens (tertiary/aromatic N) is 4. The molecule has 2 rings (SSSR count). The van der Waals surface area contributed by atoms with Gasteiger partial charge in [0, 0.05) is 11.5 Å². The fraction of sp³-hybridized carbons (Fsp3) is 0.222. The van der Waals surface area contributed by atoms with Crippen LogP contribution >= 0.6 is 11.5 Å². The van der Waals surface area contributed by atoms with E-state index in [-0.39, 0.29) is 17.5 Å². The first-order chi connectivity index (χ1) is 8.70. The van der Waals surface area contributed by atoms with Crippen molar-refractivity contribution in [2.24, 2.45) is 4.99 Å². The molecule has 0 amide bonds. The van der Waals surface area contributed by atoms with Crippen LogP contribution in [0, 0.1) is 10.1 Å². The van der Waals surface area contributed by atoms with E-state index in [0.29, 0.717) is 11.7 Å². The lowest BCUT2D eigenvalue weighted by atomic mass is 10.4. The van der Waals surface area contributed by atoms with Crippen molar-refractivity contribution >= 4 is 28.9 Å². The summed E-state index contributed by atoms with van der Waals surface area (Å²) in [5.41, 5.74) is 0. The molecule has 2 aromatic heterocycles. The molecule has 0 saturated heterocycles. The van der Waals surface area contributed by atoms with E-state index >= 15 is 0 Å². The van der Waals surface area contributed by atoms with E-state index < -0.39 is 4.92 Å². The maximum atomic E-state index is 10.5. The van der Waals surface area contributed by atoms with Gasteiger partial charge < -0.3 is 9.15 Å². The number of rotatable bonds is 5. The lowest BCUT2D eigenvalue weighted by molar-refractivity contribution is -0.401. The SMILES string of the molecule is CCO/C=N/c1nc(-c2ccc([N+](=O)[O-])o2)ns1. The van der Waals surface area contributed by atoms with Crippen LogP contribution in [0.5, 0.6) is 0 Å². The number of nitro groups is 1. The Balaban J connectivity index is 2.16. The molecular weight excluding hydrogens is 260 g/mol. The molecule has 0 aliphatic rings. The van der Waals surface area contributed by atoms with Gasteiger partial charge in [0.15, 0.2) is 12.2 Å². The first-order valence-electron chi connectivity index (χ1n) is 4.93. The van der Waals surface area contributed by atoms with Crippen molar-refractivity contribution in [3.05, 3.63) is 22.2 Å². The van der Waals surface area contributed by atoms with E-state index in [4.69, 9.17) is 9.15 Å². The number of aromatic nitrogens is 2. The van der Waals surface area contributed by atoms with E-state index in [1.807, 2.05) is 6.92 Å². The Morgan fingerprint density at radius 3 is 3.17 bits per heavy atom. The van der Waals surface area contributed by atoms with Gasteiger partial charge in [-0.2, -0.15) is 14.3 Å². The average Bonchev–Trinajstić information content (AvgIpc) is 2.97. The van der Waals surface area contributed by atoms with Crippen LogP contribution in [-0.4, -0.2) is 27.3 Å². The molecule has 0 N–H and O–H groups in total. The lowest BCUT2D eigenvalue weighted by Gasteiger charge is -1.88. The van der Waals surface area contributed by atoms with Gasteiger partial charge in [-0.25, -0.2) is 0 Å². The number of ether oxygens (including phenoxy) is 1. The summed E-state index contributed by atoms with van der Waals surface area (Å²) in [5, 5.41) is 10.8. The van der Waals surface area contributed by atoms with Gasteiger partial charge in [0.2, 0.25) is 11.0 Å². The second-order valence-corrected chi connectivity index (χ2v) is 3.72. The zero-order chi connectivity index (χ0) is 13.0. The van der Waals surface area contributed by atoms with Gasteiger partial charge in [0.05, 0.1) is 12.7 Å². The second kappa shape index (κ2) is 5.36. The Morgan fingerprint density at radius 1 is 1.67 bits per heavy atom. The van der Waals surface area contributed by atoms with Gasteiger partial charge in [0.1, 0.15) is 4.92 Å². The summed E-state index contributed by atoms with van der Waals surface area (Å²) in [6, 6.07) is 2.69. The molecule has 0 aliphatic heterocycles. The van der Waals surface area contributed by atoms with Crippen LogP contribution in [-0.2, 0) is 4.74 Å². The van der Waals surface area contributed by atoms with Crippen LogP contribution in [0.3, 0.4) is 0 Å². The minimum atomic E-state index is -0.621. The molecule has 0 spiro atoms. The van der Waals surface area contributed by atoms with Crippen molar-refractivity contribution in [3.8, 4) is 11.6 Å². The van der Waals surface area contributed by atoms with Gasteiger partial charge in [0.25, 0.3) is 0 Å². The fourth-order valence-corrected chi connectivity index (χ4v) is 1.59. The minimum Gasteiger partial charge on any atom is -0.483 e. The monoisotopic (exact) mass is 268 g/mol. The molecule has 94 valence electrons. The van der Waals surface area contributed by atoms with E-state index in [1.165, 1.54) is 18.5 Å². The summed E-state index contributed by atoms with van der Waals surface area (Å²) in [6.45, 7) is 2.35. The topological polar surface area (TPSA) is 104 Å². The Hall–Kier alpha value is -2.29. The molecule has 0 aromatic carbocycles. The van der Waals surface area contributed by atoms with Crippen LogP contribution in [0.15, 0.2) is 21.5 Å². The van der Waals surface area contributed by atoms with Gasteiger partial charge in [-0.05, 0) is 13.0 Å². The van der Waals surface area contributed by atoms with Crippen LogP contribution in [0.4, 0.5) is 11.0 Å². The zero-order valence-corrected chi connectivity index (χ0v) is 10.1. The Bertz CT molecular complexity index is 577. The zero-order valence-electron chi connectivity index (χ0n) is 9.27. The summed E-state index contributed by atoms with van der Waals surface area (Å²) in [5.74, 6) is 0.145.